The predicted molar refractivity (Wildman–Crippen MR) is 126 cm³/mol. The van der Waals surface area contributed by atoms with Crippen molar-refractivity contribution < 1.29 is 0 Å². The smallest absolute Gasteiger partial charge is 0.167 e. The highest BCUT2D eigenvalue weighted by atomic mass is 35.5. The van der Waals surface area contributed by atoms with Crippen LogP contribution < -0.4 is 11.5 Å². The molecular formula is C23H21ClN8. The standard InChI is InChI=1S/C23H20N8.ClH/c24-18-7-4-14-13-15(5-6-16(14)18)31-22(17-3-1-10-26-21(17)25)28-19-8-9-20(29-23(19)31)30-12-2-11-27-30;/h1-3,5-6,8-13,18H,4,7,24H2,(H2,25,26);1H/t18-;/m0./s1. The Morgan fingerprint density at radius 2 is 1.91 bits per heavy atom. The SMILES string of the molecule is Cl.Nc1ncccc1-c1nc2ccc(-n3cccn3)nc2n1-c1ccc2c(c1)CC[C@@H]2N. The fourth-order valence-corrected chi connectivity index (χ4v) is 4.29. The lowest BCUT2D eigenvalue weighted by Crippen LogP contribution is -2.06. The molecule has 8 nitrogen and oxygen atoms in total. The topological polar surface area (TPSA) is 113 Å². The molecule has 5 aromatic rings. The third-order valence-corrected chi connectivity index (χ3v) is 5.82. The van der Waals surface area contributed by atoms with E-state index in [-0.39, 0.29) is 18.4 Å². The normalized spacial score (nSPS) is 15.0. The Morgan fingerprint density at radius 1 is 1.00 bits per heavy atom. The van der Waals surface area contributed by atoms with Gasteiger partial charge < -0.3 is 11.5 Å². The Kier molecular flexibility index (Phi) is 4.88. The molecule has 0 fully saturated rings. The molecule has 0 radical (unpaired) electrons. The van der Waals surface area contributed by atoms with Crippen LogP contribution in [0.4, 0.5) is 5.82 Å². The van der Waals surface area contributed by atoms with Gasteiger partial charge in [0.25, 0.3) is 0 Å². The van der Waals surface area contributed by atoms with Crippen molar-refractivity contribution in [2.45, 2.75) is 18.9 Å². The third kappa shape index (κ3) is 3.12. The van der Waals surface area contributed by atoms with Crippen LogP contribution in [0.5, 0.6) is 0 Å². The number of hydrogen-bond donors (Lipinski definition) is 2. The molecule has 0 spiro atoms. The summed E-state index contributed by atoms with van der Waals surface area (Å²) in [5.41, 5.74) is 18.2. The lowest BCUT2D eigenvalue weighted by Gasteiger charge is -2.13. The van der Waals surface area contributed by atoms with Crippen LogP contribution in [0.2, 0.25) is 0 Å². The van der Waals surface area contributed by atoms with E-state index in [0.29, 0.717) is 17.5 Å². The molecule has 9 heteroatoms. The fourth-order valence-electron chi connectivity index (χ4n) is 4.29. The van der Waals surface area contributed by atoms with Gasteiger partial charge in [-0.2, -0.15) is 5.10 Å². The molecule has 0 bridgehead atoms. The zero-order chi connectivity index (χ0) is 20.9. The summed E-state index contributed by atoms with van der Waals surface area (Å²) in [7, 11) is 0. The van der Waals surface area contributed by atoms with Gasteiger partial charge in [0.05, 0.1) is 5.56 Å². The number of hydrogen-bond acceptors (Lipinski definition) is 6. The lowest BCUT2D eigenvalue weighted by molar-refractivity contribution is 0.713. The third-order valence-electron chi connectivity index (χ3n) is 5.82. The van der Waals surface area contributed by atoms with E-state index in [9.17, 15) is 0 Å². The second-order valence-electron chi connectivity index (χ2n) is 7.70. The monoisotopic (exact) mass is 444 g/mol. The summed E-state index contributed by atoms with van der Waals surface area (Å²) < 4.78 is 3.77. The van der Waals surface area contributed by atoms with E-state index in [4.69, 9.17) is 21.4 Å². The first kappa shape index (κ1) is 20.2. The molecule has 0 saturated carbocycles. The number of pyridine rings is 2. The van der Waals surface area contributed by atoms with E-state index in [1.807, 2.05) is 41.1 Å². The molecule has 6 rings (SSSR count). The van der Waals surface area contributed by atoms with E-state index in [1.54, 1.807) is 17.1 Å². The van der Waals surface area contributed by atoms with Gasteiger partial charge in [-0.25, -0.2) is 19.6 Å². The van der Waals surface area contributed by atoms with E-state index >= 15 is 0 Å². The first-order valence-electron chi connectivity index (χ1n) is 10.2. The van der Waals surface area contributed by atoms with Crippen molar-refractivity contribution >= 4 is 29.4 Å². The predicted octanol–water partition coefficient (Wildman–Crippen LogP) is 3.62. The molecule has 1 atom stereocenters. The van der Waals surface area contributed by atoms with Crippen LogP contribution in [0, 0.1) is 0 Å². The van der Waals surface area contributed by atoms with Crippen LogP contribution in [-0.2, 0) is 6.42 Å². The second-order valence-corrected chi connectivity index (χ2v) is 7.70. The van der Waals surface area contributed by atoms with Crippen LogP contribution in [0.3, 0.4) is 0 Å². The first-order chi connectivity index (χ1) is 15.2. The number of imidazole rings is 1. The van der Waals surface area contributed by atoms with Crippen molar-refractivity contribution in [1.82, 2.24) is 29.3 Å². The van der Waals surface area contributed by atoms with Crippen molar-refractivity contribution in [2.75, 3.05) is 5.73 Å². The zero-order valence-corrected chi connectivity index (χ0v) is 17.9. The van der Waals surface area contributed by atoms with Gasteiger partial charge in [0.15, 0.2) is 17.3 Å². The van der Waals surface area contributed by atoms with E-state index in [1.165, 1.54) is 11.1 Å². The highest BCUT2D eigenvalue weighted by Crippen LogP contribution is 2.34. The Bertz CT molecular complexity index is 1420. The Hall–Kier alpha value is -3.75. The average Bonchev–Trinajstić information content (AvgIpc) is 3.52. The summed E-state index contributed by atoms with van der Waals surface area (Å²) in [6, 6.07) is 16.0. The number of rotatable bonds is 3. The summed E-state index contributed by atoms with van der Waals surface area (Å²) in [4.78, 5) is 14.0. The van der Waals surface area contributed by atoms with Crippen molar-refractivity contribution in [3.05, 3.63) is 78.2 Å². The number of aromatic nitrogens is 6. The quantitative estimate of drug-likeness (QED) is 0.439. The number of fused-ring (bicyclic) bond motifs is 2. The molecule has 4 aromatic heterocycles. The van der Waals surface area contributed by atoms with Gasteiger partial charge in [0.2, 0.25) is 0 Å². The van der Waals surface area contributed by atoms with Crippen LogP contribution >= 0.6 is 12.4 Å². The van der Waals surface area contributed by atoms with Gasteiger partial charge in [0, 0.05) is 30.3 Å². The molecule has 160 valence electrons. The summed E-state index contributed by atoms with van der Waals surface area (Å²) >= 11 is 0. The van der Waals surface area contributed by atoms with E-state index < -0.39 is 0 Å². The minimum Gasteiger partial charge on any atom is -0.383 e. The van der Waals surface area contributed by atoms with Gasteiger partial charge in [-0.05, 0) is 66.4 Å². The van der Waals surface area contributed by atoms with Crippen LogP contribution in [0.1, 0.15) is 23.6 Å². The maximum absolute atomic E-state index is 6.25. The van der Waals surface area contributed by atoms with Gasteiger partial charge in [-0.15, -0.1) is 12.4 Å². The molecule has 32 heavy (non-hydrogen) atoms. The van der Waals surface area contributed by atoms with Gasteiger partial charge in [-0.1, -0.05) is 6.07 Å². The van der Waals surface area contributed by atoms with Crippen LogP contribution in [-0.4, -0.2) is 29.3 Å². The number of anilines is 1. The van der Waals surface area contributed by atoms with Crippen LogP contribution in [0.25, 0.3) is 34.1 Å². The summed E-state index contributed by atoms with van der Waals surface area (Å²) in [6.45, 7) is 0. The molecule has 1 aliphatic rings. The molecule has 0 aliphatic heterocycles. The molecule has 1 aromatic carbocycles. The molecular weight excluding hydrogens is 424 g/mol. The highest BCUT2D eigenvalue weighted by Gasteiger charge is 2.22. The first-order valence-corrected chi connectivity index (χ1v) is 10.2. The summed E-state index contributed by atoms with van der Waals surface area (Å²) in [6.07, 6.45) is 7.21. The molecule has 4 N–H and O–H groups in total. The fraction of sp³-hybridized carbons (Fsp3) is 0.130. The van der Waals surface area contributed by atoms with E-state index in [2.05, 4.69) is 28.3 Å². The Morgan fingerprint density at radius 3 is 2.72 bits per heavy atom. The average molecular weight is 445 g/mol. The molecule has 4 heterocycles. The highest BCUT2D eigenvalue weighted by molar-refractivity contribution is 5.85. The minimum atomic E-state index is 0. The van der Waals surface area contributed by atoms with Crippen molar-refractivity contribution in [2.24, 2.45) is 5.73 Å². The Labute approximate surface area is 190 Å². The number of nitrogens with two attached hydrogens (primary N) is 2. The Balaban J connectivity index is 0.00000216. The largest absolute Gasteiger partial charge is 0.383 e. The lowest BCUT2D eigenvalue weighted by atomic mass is 10.1. The van der Waals surface area contributed by atoms with Gasteiger partial charge in [0.1, 0.15) is 11.3 Å². The second kappa shape index (κ2) is 7.74. The summed E-state index contributed by atoms with van der Waals surface area (Å²) in [5, 5.41) is 4.31. The van der Waals surface area contributed by atoms with E-state index in [0.717, 1.165) is 35.3 Å². The zero-order valence-electron chi connectivity index (χ0n) is 17.1. The van der Waals surface area contributed by atoms with Crippen LogP contribution in [0.15, 0.2) is 67.1 Å². The van der Waals surface area contributed by atoms with Gasteiger partial charge >= 0.3 is 0 Å². The number of benzene rings is 1. The minimum absolute atomic E-state index is 0. The summed E-state index contributed by atoms with van der Waals surface area (Å²) in [5.74, 6) is 1.84. The molecule has 0 amide bonds. The molecule has 1 aliphatic carbocycles. The number of nitrogen functional groups attached to an aromatic ring is 1. The van der Waals surface area contributed by atoms with Crippen molar-refractivity contribution in [3.8, 4) is 22.9 Å². The molecule has 0 unspecified atom stereocenters. The maximum atomic E-state index is 6.25. The number of aryl methyl sites for hydroxylation is 1. The van der Waals surface area contributed by atoms with Crippen molar-refractivity contribution in [3.63, 3.8) is 0 Å². The number of nitrogens with zero attached hydrogens (tertiary/aromatic N) is 6. The van der Waals surface area contributed by atoms with Crippen molar-refractivity contribution in [1.29, 1.82) is 0 Å². The van der Waals surface area contributed by atoms with Gasteiger partial charge in [-0.3, -0.25) is 4.57 Å². The molecule has 0 saturated heterocycles. The number of halogens is 1. The maximum Gasteiger partial charge on any atom is 0.167 e.